The van der Waals surface area contributed by atoms with Crippen molar-refractivity contribution in [2.75, 3.05) is 19.8 Å². The van der Waals surface area contributed by atoms with Gasteiger partial charge in [0.2, 0.25) is 0 Å². The van der Waals surface area contributed by atoms with E-state index >= 15 is 0 Å². The van der Waals surface area contributed by atoms with Crippen molar-refractivity contribution in [1.29, 1.82) is 0 Å². The molecule has 1 aromatic rings. The van der Waals surface area contributed by atoms with Crippen LogP contribution in [0.25, 0.3) is 0 Å². The molecule has 0 atom stereocenters. The van der Waals surface area contributed by atoms with E-state index in [4.69, 9.17) is 4.74 Å². The first kappa shape index (κ1) is 14.2. The minimum absolute atomic E-state index is 0.207. The summed E-state index contributed by atoms with van der Waals surface area (Å²) in [6.45, 7) is 6.89. The van der Waals surface area contributed by atoms with Crippen molar-refractivity contribution in [2.24, 2.45) is 7.05 Å². The van der Waals surface area contributed by atoms with Gasteiger partial charge in [0.15, 0.2) is 0 Å². The molecule has 1 aromatic heterocycles. The number of pyridine rings is 1. The number of ether oxygens (including phenoxy) is 1. The third-order valence-corrected chi connectivity index (χ3v) is 2.25. The first-order chi connectivity index (χ1) is 8.50. The predicted molar refractivity (Wildman–Crippen MR) is 69.6 cm³/mol. The molecule has 1 rings (SSSR count). The van der Waals surface area contributed by atoms with Crippen LogP contribution < -0.4 is 10.9 Å². The first-order valence-electron chi connectivity index (χ1n) is 5.67. The number of nitrogens with one attached hydrogen (secondary N) is 1. The SMILES string of the molecule is C=C(C)COCCNC(=O)c1ccn(C)c(=O)c1. The zero-order valence-corrected chi connectivity index (χ0v) is 10.7. The summed E-state index contributed by atoms with van der Waals surface area (Å²) < 4.78 is 6.65. The van der Waals surface area contributed by atoms with E-state index in [1.807, 2.05) is 6.92 Å². The highest BCUT2D eigenvalue weighted by Gasteiger charge is 2.05. The van der Waals surface area contributed by atoms with Crippen molar-refractivity contribution in [1.82, 2.24) is 9.88 Å². The molecule has 0 saturated heterocycles. The molecule has 0 aromatic carbocycles. The molecule has 0 saturated carbocycles. The fraction of sp³-hybridized carbons (Fsp3) is 0.385. The monoisotopic (exact) mass is 250 g/mol. The molecular weight excluding hydrogens is 232 g/mol. The zero-order chi connectivity index (χ0) is 13.5. The van der Waals surface area contributed by atoms with Crippen LogP contribution in [0.1, 0.15) is 17.3 Å². The Morgan fingerprint density at radius 2 is 2.28 bits per heavy atom. The Hall–Kier alpha value is -1.88. The molecule has 1 N–H and O–H groups in total. The highest BCUT2D eigenvalue weighted by molar-refractivity contribution is 5.93. The maximum atomic E-state index is 11.7. The van der Waals surface area contributed by atoms with E-state index in [1.54, 1.807) is 19.3 Å². The Balaban J connectivity index is 2.39. The summed E-state index contributed by atoms with van der Waals surface area (Å²) in [5, 5.41) is 2.68. The van der Waals surface area contributed by atoms with E-state index < -0.39 is 0 Å². The topological polar surface area (TPSA) is 60.3 Å². The number of aromatic nitrogens is 1. The van der Waals surface area contributed by atoms with Crippen molar-refractivity contribution >= 4 is 5.91 Å². The van der Waals surface area contributed by atoms with Crippen LogP contribution in [-0.4, -0.2) is 30.2 Å². The Morgan fingerprint density at radius 3 is 2.89 bits per heavy atom. The fourth-order valence-corrected chi connectivity index (χ4v) is 1.27. The van der Waals surface area contributed by atoms with E-state index in [2.05, 4.69) is 11.9 Å². The van der Waals surface area contributed by atoms with Gasteiger partial charge in [0, 0.05) is 31.4 Å². The Morgan fingerprint density at radius 1 is 1.56 bits per heavy atom. The van der Waals surface area contributed by atoms with Crippen LogP contribution in [-0.2, 0) is 11.8 Å². The molecule has 5 nitrogen and oxygen atoms in total. The Bertz CT molecular complexity index is 491. The lowest BCUT2D eigenvalue weighted by molar-refractivity contribution is 0.0926. The molecule has 0 fully saturated rings. The van der Waals surface area contributed by atoms with Gasteiger partial charge in [-0.25, -0.2) is 0 Å². The van der Waals surface area contributed by atoms with Crippen molar-refractivity contribution in [2.45, 2.75) is 6.92 Å². The molecule has 98 valence electrons. The van der Waals surface area contributed by atoms with Gasteiger partial charge in [-0.3, -0.25) is 9.59 Å². The van der Waals surface area contributed by atoms with E-state index in [0.29, 0.717) is 25.3 Å². The van der Waals surface area contributed by atoms with Crippen molar-refractivity contribution in [3.63, 3.8) is 0 Å². The molecule has 0 aliphatic carbocycles. The molecule has 18 heavy (non-hydrogen) atoms. The summed E-state index contributed by atoms with van der Waals surface area (Å²) >= 11 is 0. The number of carbonyl (C=O) groups excluding carboxylic acids is 1. The Kier molecular flexibility index (Phi) is 5.32. The highest BCUT2D eigenvalue weighted by atomic mass is 16.5. The summed E-state index contributed by atoms with van der Waals surface area (Å²) in [5.74, 6) is -0.272. The molecule has 0 radical (unpaired) electrons. The lowest BCUT2D eigenvalue weighted by Gasteiger charge is -2.06. The van der Waals surface area contributed by atoms with Gasteiger partial charge in [0.1, 0.15) is 0 Å². The van der Waals surface area contributed by atoms with Crippen LogP contribution in [0, 0.1) is 0 Å². The molecule has 0 unspecified atom stereocenters. The van der Waals surface area contributed by atoms with Gasteiger partial charge in [-0.2, -0.15) is 0 Å². The predicted octanol–water partition coefficient (Wildman–Crippen LogP) is 0.708. The van der Waals surface area contributed by atoms with E-state index in [-0.39, 0.29) is 11.5 Å². The zero-order valence-electron chi connectivity index (χ0n) is 10.7. The number of hydrogen-bond acceptors (Lipinski definition) is 3. The van der Waals surface area contributed by atoms with Crippen LogP contribution >= 0.6 is 0 Å². The molecule has 0 aliphatic rings. The van der Waals surface area contributed by atoms with Gasteiger partial charge >= 0.3 is 0 Å². The van der Waals surface area contributed by atoms with Crippen molar-refractivity contribution in [3.8, 4) is 0 Å². The standard InChI is InChI=1S/C13H18N2O3/c1-10(2)9-18-7-5-14-13(17)11-4-6-15(3)12(16)8-11/h4,6,8H,1,5,7,9H2,2-3H3,(H,14,17). The molecule has 0 bridgehead atoms. The smallest absolute Gasteiger partial charge is 0.251 e. The number of amides is 1. The largest absolute Gasteiger partial charge is 0.375 e. The average molecular weight is 250 g/mol. The van der Waals surface area contributed by atoms with Crippen molar-refractivity contribution in [3.05, 3.63) is 46.4 Å². The lowest BCUT2D eigenvalue weighted by atomic mass is 10.2. The minimum Gasteiger partial charge on any atom is -0.375 e. The van der Waals surface area contributed by atoms with Crippen LogP contribution in [0.5, 0.6) is 0 Å². The second-order valence-corrected chi connectivity index (χ2v) is 4.13. The van der Waals surface area contributed by atoms with Gasteiger partial charge < -0.3 is 14.6 Å². The summed E-state index contributed by atoms with van der Waals surface area (Å²) in [4.78, 5) is 23.0. The summed E-state index contributed by atoms with van der Waals surface area (Å²) in [6.07, 6.45) is 1.56. The second-order valence-electron chi connectivity index (χ2n) is 4.13. The molecule has 5 heteroatoms. The first-order valence-corrected chi connectivity index (χ1v) is 5.67. The maximum Gasteiger partial charge on any atom is 0.251 e. The maximum absolute atomic E-state index is 11.7. The van der Waals surface area contributed by atoms with Gasteiger partial charge in [-0.1, -0.05) is 12.2 Å². The van der Waals surface area contributed by atoms with Crippen molar-refractivity contribution < 1.29 is 9.53 Å². The van der Waals surface area contributed by atoms with Crippen LogP contribution in [0.15, 0.2) is 35.3 Å². The second kappa shape index (κ2) is 6.76. The number of hydrogen-bond donors (Lipinski definition) is 1. The van der Waals surface area contributed by atoms with Gasteiger partial charge in [0.05, 0.1) is 13.2 Å². The summed E-state index contributed by atoms with van der Waals surface area (Å²) in [5.41, 5.74) is 1.09. The van der Waals surface area contributed by atoms with E-state index in [0.717, 1.165) is 5.57 Å². The number of carbonyl (C=O) groups is 1. The normalized spacial score (nSPS) is 10.1. The highest BCUT2D eigenvalue weighted by Crippen LogP contribution is 1.94. The molecule has 0 aliphatic heterocycles. The molecule has 0 spiro atoms. The molecule has 1 amide bonds. The third kappa shape index (κ3) is 4.55. The molecular formula is C13H18N2O3. The lowest BCUT2D eigenvalue weighted by Crippen LogP contribution is -2.29. The van der Waals surface area contributed by atoms with Gasteiger partial charge in [-0.15, -0.1) is 0 Å². The van der Waals surface area contributed by atoms with Crippen LogP contribution in [0.2, 0.25) is 0 Å². The molecule has 1 heterocycles. The van der Waals surface area contributed by atoms with Crippen LogP contribution in [0.4, 0.5) is 0 Å². The number of aryl methyl sites for hydroxylation is 1. The van der Waals surface area contributed by atoms with Crippen LogP contribution in [0.3, 0.4) is 0 Å². The summed E-state index contributed by atoms with van der Waals surface area (Å²) in [6, 6.07) is 2.91. The minimum atomic E-state index is -0.272. The average Bonchev–Trinajstić information content (AvgIpc) is 2.31. The van der Waals surface area contributed by atoms with Gasteiger partial charge in [0.25, 0.3) is 11.5 Å². The third-order valence-electron chi connectivity index (χ3n) is 2.25. The quantitative estimate of drug-likeness (QED) is 0.597. The van der Waals surface area contributed by atoms with E-state index in [9.17, 15) is 9.59 Å². The number of rotatable bonds is 6. The van der Waals surface area contributed by atoms with E-state index in [1.165, 1.54) is 10.6 Å². The number of nitrogens with zero attached hydrogens (tertiary/aromatic N) is 1. The summed E-state index contributed by atoms with van der Waals surface area (Å²) in [7, 11) is 1.63. The Labute approximate surface area is 106 Å². The van der Waals surface area contributed by atoms with Gasteiger partial charge in [-0.05, 0) is 13.0 Å². The fourth-order valence-electron chi connectivity index (χ4n) is 1.27.